The van der Waals surface area contributed by atoms with Gasteiger partial charge in [0.2, 0.25) is 5.76 Å². The normalized spacial score (nSPS) is 18.6. The van der Waals surface area contributed by atoms with Crippen LogP contribution in [0.15, 0.2) is 58.6 Å². The molecule has 0 saturated carbocycles. The van der Waals surface area contributed by atoms with Crippen LogP contribution in [0.5, 0.6) is 0 Å². The molecular formula is C19H18BrF3N4O2. The maximum absolute atomic E-state index is 13.1. The zero-order valence-electron chi connectivity index (χ0n) is 15.5. The molecule has 154 valence electrons. The second-order valence-corrected chi connectivity index (χ2v) is 7.88. The van der Waals surface area contributed by atoms with E-state index in [1.54, 1.807) is 36.4 Å². The number of hydrogen-bond acceptors (Lipinski definition) is 5. The SMILES string of the molecule is CC1(C)OC(C(F)(F)F)=C(N)NC1c1cccc(NC(=O)c2ccc(Br)cn2)c1. The van der Waals surface area contributed by atoms with Crippen LogP contribution < -0.4 is 16.4 Å². The highest BCUT2D eigenvalue weighted by Crippen LogP contribution is 2.41. The first-order valence-electron chi connectivity index (χ1n) is 8.53. The smallest absolute Gasteiger partial charge is 0.452 e. The molecule has 3 rings (SSSR count). The van der Waals surface area contributed by atoms with Crippen molar-refractivity contribution < 1.29 is 22.7 Å². The maximum Gasteiger partial charge on any atom is 0.452 e. The highest BCUT2D eigenvalue weighted by Gasteiger charge is 2.48. The molecular weight excluding hydrogens is 453 g/mol. The fourth-order valence-electron chi connectivity index (χ4n) is 2.97. The van der Waals surface area contributed by atoms with Gasteiger partial charge in [-0.3, -0.25) is 4.79 Å². The fraction of sp³-hybridized carbons (Fsp3) is 0.263. The van der Waals surface area contributed by atoms with Crippen LogP contribution in [-0.2, 0) is 4.74 Å². The summed E-state index contributed by atoms with van der Waals surface area (Å²) in [6, 6.07) is 9.28. The van der Waals surface area contributed by atoms with Gasteiger partial charge < -0.3 is 21.1 Å². The third-order valence-corrected chi connectivity index (χ3v) is 4.77. The number of nitrogens with one attached hydrogen (secondary N) is 2. The van der Waals surface area contributed by atoms with Crippen LogP contribution in [0.3, 0.4) is 0 Å². The minimum atomic E-state index is -4.70. The van der Waals surface area contributed by atoms with Gasteiger partial charge in [0.25, 0.3) is 5.91 Å². The molecule has 1 aromatic heterocycles. The second-order valence-electron chi connectivity index (χ2n) is 6.96. The van der Waals surface area contributed by atoms with Gasteiger partial charge in [-0.15, -0.1) is 0 Å². The van der Waals surface area contributed by atoms with Gasteiger partial charge >= 0.3 is 6.18 Å². The number of benzene rings is 1. The number of nitrogens with zero attached hydrogens (tertiary/aromatic N) is 1. The number of allylic oxidation sites excluding steroid dienone is 1. The number of amides is 1. The molecule has 0 fully saturated rings. The number of pyridine rings is 1. The summed E-state index contributed by atoms with van der Waals surface area (Å²) in [7, 11) is 0. The molecule has 0 bridgehead atoms. The van der Waals surface area contributed by atoms with E-state index in [1.807, 2.05) is 0 Å². The zero-order valence-corrected chi connectivity index (χ0v) is 17.1. The molecule has 6 nitrogen and oxygen atoms in total. The molecule has 0 saturated heterocycles. The standard InChI is InChI=1S/C19H18BrF3N4O2/c1-18(2)14(27-16(24)15(29-18)19(21,22)23)10-4-3-5-12(8-10)26-17(28)13-7-6-11(20)9-25-13/h3-9,14,27H,24H2,1-2H3,(H,26,28). The van der Waals surface area contributed by atoms with Crippen molar-refractivity contribution in [3.8, 4) is 0 Å². The van der Waals surface area contributed by atoms with Crippen molar-refractivity contribution in [3.63, 3.8) is 0 Å². The van der Waals surface area contributed by atoms with E-state index in [1.165, 1.54) is 20.0 Å². The molecule has 10 heteroatoms. The third-order valence-electron chi connectivity index (χ3n) is 4.30. The molecule has 1 amide bonds. The van der Waals surface area contributed by atoms with Crippen molar-refractivity contribution in [3.05, 3.63) is 69.9 Å². The van der Waals surface area contributed by atoms with Crippen molar-refractivity contribution in [1.29, 1.82) is 0 Å². The topological polar surface area (TPSA) is 89.3 Å². The fourth-order valence-corrected chi connectivity index (χ4v) is 3.20. The first kappa shape index (κ1) is 21.0. The highest BCUT2D eigenvalue weighted by molar-refractivity contribution is 9.10. The molecule has 1 aliphatic heterocycles. The molecule has 1 aromatic carbocycles. The van der Waals surface area contributed by atoms with Crippen molar-refractivity contribution in [1.82, 2.24) is 10.3 Å². The molecule has 0 spiro atoms. The van der Waals surface area contributed by atoms with Crippen LogP contribution in [-0.4, -0.2) is 22.7 Å². The van der Waals surface area contributed by atoms with E-state index in [4.69, 9.17) is 10.5 Å². The van der Waals surface area contributed by atoms with Gasteiger partial charge in [0, 0.05) is 16.4 Å². The lowest BCUT2D eigenvalue weighted by atomic mass is 9.90. The van der Waals surface area contributed by atoms with Crippen LogP contribution in [0.4, 0.5) is 18.9 Å². The Bertz CT molecular complexity index is 959. The number of alkyl halides is 3. The van der Waals surface area contributed by atoms with E-state index in [2.05, 4.69) is 31.5 Å². The Morgan fingerprint density at radius 3 is 2.66 bits per heavy atom. The number of rotatable bonds is 3. The summed E-state index contributed by atoms with van der Waals surface area (Å²) in [6.45, 7) is 3.06. The summed E-state index contributed by atoms with van der Waals surface area (Å²) in [5, 5.41) is 5.40. The minimum Gasteiger partial charge on any atom is -0.478 e. The van der Waals surface area contributed by atoms with Gasteiger partial charge in [-0.05, 0) is 59.6 Å². The van der Waals surface area contributed by atoms with E-state index in [9.17, 15) is 18.0 Å². The molecule has 0 aliphatic carbocycles. The molecule has 0 radical (unpaired) electrons. The number of aromatic nitrogens is 1. The molecule has 2 aromatic rings. The predicted molar refractivity (Wildman–Crippen MR) is 105 cm³/mol. The lowest BCUT2D eigenvalue weighted by molar-refractivity contribution is -0.166. The number of carbonyl (C=O) groups is 1. The predicted octanol–water partition coefficient (Wildman–Crippen LogP) is 4.23. The van der Waals surface area contributed by atoms with Crippen molar-refractivity contribution in [2.24, 2.45) is 5.73 Å². The van der Waals surface area contributed by atoms with Gasteiger partial charge in [0.1, 0.15) is 17.1 Å². The quantitative estimate of drug-likeness (QED) is 0.624. The van der Waals surface area contributed by atoms with Crippen LogP contribution in [0.1, 0.15) is 35.9 Å². The number of nitrogens with two attached hydrogens (primary N) is 1. The summed E-state index contributed by atoms with van der Waals surface area (Å²) in [6.07, 6.45) is -3.20. The number of ether oxygens (including phenoxy) is 1. The number of anilines is 1. The summed E-state index contributed by atoms with van der Waals surface area (Å²) in [5.41, 5.74) is 5.59. The van der Waals surface area contributed by atoms with Crippen LogP contribution in [0, 0.1) is 0 Å². The summed E-state index contributed by atoms with van der Waals surface area (Å²) in [5.74, 6) is -2.25. The van der Waals surface area contributed by atoms with Crippen molar-refractivity contribution >= 4 is 27.5 Å². The van der Waals surface area contributed by atoms with Gasteiger partial charge in [0.15, 0.2) is 0 Å². The van der Waals surface area contributed by atoms with E-state index >= 15 is 0 Å². The van der Waals surface area contributed by atoms with Gasteiger partial charge in [-0.25, -0.2) is 4.98 Å². The lowest BCUT2D eigenvalue weighted by Crippen LogP contribution is -2.49. The zero-order chi connectivity index (χ0) is 21.4. The highest BCUT2D eigenvalue weighted by atomic mass is 79.9. The first-order valence-corrected chi connectivity index (χ1v) is 9.32. The van der Waals surface area contributed by atoms with E-state index in [0.29, 0.717) is 11.3 Å². The van der Waals surface area contributed by atoms with Crippen LogP contribution >= 0.6 is 15.9 Å². The van der Waals surface area contributed by atoms with E-state index in [0.717, 1.165) is 4.47 Å². The Kier molecular flexibility index (Phi) is 5.48. The van der Waals surface area contributed by atoms with E-state index in [-0.39, 0.29) is 5.69 Å². The molecule has 1 unspecified atom stereocenters. The molecule has 2 heterocycles. The van der Waals surface area contributed by atoms with Gasteiger partial charge in [-0.2, -0.15) is 13.2 Å². The Labute approximate surface area is 173 Å². The summed E-state index contributed by atoms with van der Waals surface area (Å²) in [4.78, 5) is 16.4. The minimum absolute atomic E-state index is 0.222. The van der Waals surface area contributed by atoms with Crippen LogP contribution in [0.2, 0.25) is 0 Å². The maximum atomic E-state index is 13.1. The summed E-state index contributed by atoms with van der Waals surface area (Å²) < 4.78 is 45.2. The largest absolute Gasteiger partial charge is 0.478 e. The Morgan fingerprint density at radius 1 is 1.31 bits per heavy atom. The number of hydrogen-bond donors (Lipinski definition) is 3. The van der Waals surface area contributed by atoms with E-state index < -0.39 is 35.3 Å². The number of carbonyl (C=O) groups excluding carboxylic acids is 1. The van der Waals surface area contributed by atoms with Gasteiger partial charge in [-0.1, -0.05) is 12.1 Å². The third kappa shape index (κ3) is 4.64. The Hall–Kier alpha value is -2.75. The summed E-state index contributed by atoms with van der Waals surface area (Å²) >= 11 is 3.25. The first-order chi connectivity index (χ1) is 13.5. The Morgan fingerprint density at radius 2 is 2.03 bits per heavy atom. The average molecular weight is 471 g/mol. The molecule has 29 heavy (non-hydrogen) atoms. The second kappa shape index (κ2) is 7.58. The molecule has 4 N–H and O–H groups in total. The van der Waals surface area contributed by atoms with Crippen LogP contribution in [0.25, 0.3) is 0 Å². The van der Waals surface area contributed by atoms with Gasteiger partial charge in [0.05, 0.1) is 6.04 Å². The monoisotopic (exact) mass is 470 g/mol. The van der Waals surface area contributed by atoms with Crippen molar-refractivity contribution in [2.75, 3.05) is 5.32 Å². The Balaban J connectivity index is 1.84. The lowest BCUT2D eigenvalue weighted by Gasteiger charge is -2.41. The average Bonchev–Trinajstić information content (AvgIpc) is 2.63. The number of halogens is 4. The molecule has 1 aliphatic rings. The van der Waals surface area contributed by atoms with Crippen molar-refractivity contribution in [2.45, 2.75) is 31.7 Å². The molecule has 1 atom stereocenters.